The van der Waals surface area contributed by atoms with E-state index in [2.05, 4.69) is 26.0 Å². The third kappa shape index (κ3) is 34.6. The fourth-order valence-electron chi connectivity index (χ4n) is 5.34. The van der Waals surface area contributed by atoms with Crippen molar-refractivity contribution in [2.24, 2.45) is 5.73 Å². The smallest absolute Gasteiger partial charge is 0.457 e. The van der Waals surface area contributed by atoms with E-state index in [1.165, 1.54) is 128 Å². The van der Waals surface area contributed by atoms with E-state index in [1.54, 1.807) is 0 Å². The quantitative estimate of drug-likeness (QED) is 0.0289. The molecule has 8 nitrogen and oxygen atoms in total. The first kappa shape index (κ1) is 45.2. The van der Waals surface area contributed by atoms with Gasteiger partial charge in [-0.3, -0.25) is 13.8 Å². The van der Waals surface area contributed by atoms with E-state index in [4.69, 9.17) is 24.3 Å². The zero-order valence-electron chi connectivity index (χ0n) is 30.1. The zero-order chi connectivity index (χ0) is 33.8. The second-order valence-corrected chi connectivity index (χ2v) is 14.2. The summed E-state index contributed by atoms with van der Waals surface area (Å²) in [5, 5.41) is 0. The Labute approximate surface area is 283 Å². The van der Waals surface area contributed by atoms with Gasteiger partial charge in [0, 0.05) is 19.6 Å². The summed E-state index contributed by atoms with van der Waals surface area (Å²) >= 11 is 0. The van der Waals surface area contributed by atoms with Gasteiger partial charge in [-0.1, -0.05) is 148 Å². The molecule has 0 aliphatic rings. The van der Waals surface area contributed by atoms with E-state index in [0.29, 0.717) is 13.0 Å². The maximum Gasteiger partial charge on any atom is 0.472 e. The monoisotopic (exact) mass is 676 g/mol. The average molecular weight is 676 g/mol. The zero-order valence-corrected chi connectivity index (χ0v) is 31.0. The number of hydrogen-bond donors (Lipinski definition) is 2. The van der Waals surface area contributed by atoms with Gasteiger partial charge in [0.15, 0.2) is 0 Å². The van der Waals surface area contributed by atoms with Crippen molar-refractivity contribution >= 4 is 13.8 Å². The SMILES string of the molecule is CCCCCC/C=C\CCCCCCCCOCC(COP(=O)(O)OCCN)OC(=O)CCCCCCCCCCCCCCC. The van der Waals surface area contributed by atoms with Crippen LogP contribution in [0.25, 0.3) is 0 Å². The summed E-state index contributed by atoms with van der Waals surface area (Å²) in [5.74, 6) is -0.331. The lowest BCUT2D eigenvalue weighted by molar-refractivity contribution is -0.154. The molecular formula is C37H74NO7P. The maximum atomic E-state index is 12.5. The van der Waals surface area contributed by atoms with Crippen LogP contribution in [0.1, 0.15) is 181 Å². The van der Waals surface area contributed by atoms with Gasteiger partial charge in [-0.2, -0.15) is 0 Å². The van der Waals surface area contributed by atoms with Crippen molar-refractivity contribution in [1.29, 1.82) is 0 Å². The molecule has 0 fully saturated rings. The molecule has 0 saturated heterocycles. The van der Waals surface area contributed by atoms with Gasteiger partial charge in [-0.25, -0.2) is 4.57 Å². The molecule has 3 N–H and O–H groups in total. The molecule has 0 spiro atoms. The second kappa shape index (κ2) is 35.5. The van der Waals surface area contributed by atoms with Crippen molar-refractivity contribution < 1.29 is 32.8 Å². The number of allylic oxidation sites excluding steroid dienone is 2. The molecule has 0 aliphatic heterocycles. The van der Waals surface area contributed by atoms with Crippen LogP contribution in [0.3, 0.4) is 0 Å². The molecule has 0 amide bonds. The van der Waals surface area contributed by atoms with E-state index in [0.717, 1.165) is 32.1 Å². The van der Waals surface area contributed by atoms with Crippen molar-refractivity contribution in [3.05, 3.63) is 12.2 Å². The summed E-state index contributed by atoms with van der Waals surface area (Å²) in [5.41, 5.74) is 5.35. The van der Waals surface area contributed by atoms with Gasteiger partial charge in [0.25, 0.3) is 0 Å². The van der Waals surface area contributed by atoms with Crippen molar-refractivity contribution in [3.63, 3.8) is 0 Å². The van der Waals surface area contributed by atoms with Crippen LogP contribution in [-0.2, 0) is 27.9 Å². The molecule has 0 rings (SSSR count). The number of carbonyl (C=O) groups is 1. The van der Waals surface area contributed by atoms with Gasteiger partial charge in [0.1, 0.15) is 6.10 Å². The van der Waals surface area contributed by atoms with Crippen LogP contribution in [0.2, 0.25) is 0 Å². The maximum absolute atomic E-state index is 12.5. The highest BCUT2D eigenvalue weighted by Gasteiger charge is 2.25. The molecule has 9 heteroatoms. The lowest BCUT2D eigenvalue weighted by Crippen LogP contribution is -2.28. The summed E-state index contributed by atoms with van der Waals surface area (Å²) in [6.07, 6.45) is 35.0. The molecule has 0 heterocycles. The van der Waals surface area contributed by atoms with Gasteiger partial charge in [-0.15, -0.1) is 0 Å². The van der Waals surface area contributed by atoms with Gasteiger partial charge in [-0.05, 0) is 38.5 Å². The fourth-order valence-corrected chi connectivity index (χ4v) is 6.11. The van der Waals surface area contributed by atoms with E-state index in [-0.39, 0.29) is 32.3 Å². The van der Waals surface area contributed by atoms with E-state index >= 15 is 0 Å². The number of unbranched alkanes of at least 4 members (excludes halogenated alkanes) is 22. The van der Waals surface area contributed by atoms with Gasteiger partial charge in [0.2, 0.25) is 0 Å². The molecule has 0 aromatic rings. The normalized spacial score (nSPS) is 13.7. The molecule has 2 unspecified atom stereocenters. The fraction of sp³-hybridized carbons (Fsp3) is 0.919. The Morgan fingerprint density at radius 2 is 1.09 bits per heavy atom. The molecular weight excluding hydrogens is 601 g/mol. The van der Waals surface area contributed by atoms with Crippen LogP contribution >= 0.6 is 7.82 Å². The van der Waals surface area contributed by atoms with Crippen LogP contribution in [0, 0.1) is 0 Å². The lowest BCUT2D eigenvalue weighted by atomic mass is 10.0. The Bertz CT molecular complexity index is 722. The minimum absolute atomic E-state index is 0.0936. The van der Waals surface area contributed by atoms with Crippen LogP contribution in [0.15, 0.2) is 12.2 Å². The molecule has 274 valence electrons. The van der Waals surface area contributed by atoms with Crippen molar-refractivity contribution in [1.82, 2.24) is 0 Å². The molecule has 0 bridgehead atoms. The molecule has 0 saturated carbocycles. The topological polar surface area (TPSA) is 117 Å². The second-order valence-electron chi connectivity index (χ2n) is 12.8. The number of esters is 1. The van der Waals surface area contributed by atoms with Gasteiger partial charge >= 0.3 is 13.8 Å². The van der Waals surface area contributed by atoms with Crippen LogP contribution < -0.4 is 5.73 Å². The summed E-state index contributed by atoms with van der Waals surface area (Å²) in [6, 6.07) is 0. The standard InChI is InChI=1S/C37H74NO7P/c1-3-5-7-9-11-13-15-17-19-21-23-25-27-29-32-42-34-36(35-44-46(40,41)43-33-31-38)45-37(39)30-28-26-24-22-20-18-16-14-12-10-8-6-4-2/h13,15,36H,3-12,14,16-35,38H2,1-2H3,(H,40,41)/b15-13-. The Morgan fingerprint density at radius 3 is 1.61 bits per heavy atom. The predicted molar refractivity (Wildman–Crippen MR) is 192 cm³/mol. The van der Waals surface area contributed by atoms with Crippen LogP contribution in [-0.4, -0.2) is 49.9 Å². The first-order chi connectivity index (χ1) is 22.4. The molecule has 0 aliphatic carbocycles. The van der Waals surface area contributed by atoms with E-state index in [9.17, 15) is 14.3 Å². The first-order valence-electron chi connectivity index (χ1n) is 19.2. The van der Waals surface area contributed by atoms with Crippen LogP contribution in [0.4, 0.5) is 0 Å². The van der Waals surface area contributed by atoms with Crippen molar-refractivity contribution in [3.8, 4) is 0 Å². The number of carbonyl (C=O) groups excluding carboxylic acids is 1. The van der Waals surface area contributed by atoms with E-state index < -0.39 is 13.9 Å². The number of phosphoric acid groups is 1. The number of phosphoric ester groups is 1. The van der Waals surface area contributed by atoms with Crippen molar-refractivity contribution in [2.75, 3.05) is 33.0 Å². The molecule has 0 radical (unpaired) electrons. The Morgan fingerprint density at radius 1 is 0.630 bits per heavy atom. The lowest BCUT2D eigenvalue weighted by Gasteiger charge is -2.20. The molecule has 46 heavy (non-hydrogen) atoms. The van der Waals surface area contributed by atoms with E-state index in [1.807, 2.05) is 0 Å². The summed E-state index contributed by atoms with van der Waals surface area (Å²) in [6.45, 7) is 4.91. The number of ether oxygens (including phenoxy) is 2. The van der Waals surface area contributed by atoms with Crippen molar-refractivity contribution in [2.45, 2.75) is 187 Å². The number of rotatable bonds is 37. The van der Waals surface area contributed by atoms with Gasteiger partial charge in [0.05, 0.1) is 19.8 Å². The predicted octanol–water partition coefficient (Wildman–Crippen LogP) is 10.7. The number of hydrogen-bond acceptors (Lipinski definition) is 7. The Kier molecular flexibility index (Phi) is 35.0. The highest BCUT2D eigenvalue weighted by Crippen LogP contribution is 2.43. The summed E-state index contributed by atoms with van der Waals surface area (Å²) in [7, 11) is -4.26. The summed E-state index contributed by atoms with van der Waals surface area (Å²) in [4.78, 5) is 22.4. The summed E-state index contributed by atoms with van der Waals surface area (Å²) < 4.78 is 33.3. The highest BCUT2D eigenvalue weighted by molar-refractivity contribution is 7.47. The first-order valence-corrected chi connectivity index (χ1v) is 20.7. The third-order valence-electron chi connectivity index (χ3n) is 8.18. The number of nitrogens with two attached hydrogens (primary N) is 1. The average Bonchev–Trinajstić information content (AvgIpc) is 3.04. The highest BCUT2D eigenvalue weighted by atomic mass is 31.2. The third-order valence-corrected chi connectivity index (χ3v) is 9.17. The Balaban J connectivity index is 4.07. The minimum atomic E-state index is -4.26. The molecule has 0 aromatic heterocycles. The largest absolute Gasteiger partial charge is 0.472 e. The molecule has 0 aromatic carbocycles. The molecule has 2 atom stereocenters. The van der Waals surface area contributed by atoms with Crippen LogP contribution in [0.5, 0.6) is 0 Å². The van der Waals surface area contributed by atoms with Gasteiger partial charge < -0.3 is 20.1 Å². The Hall–Kier alpha value is -0.760. The minimum Gasteiger partial charge on any atom is -0.457 e.